The Hall–Kier alpha value is -1.72. The average molecular weight is 259 g/mol. The molecule has 3 nitrogen and oxygen atoms in total. The Morgan fingerprint density at radius 1 is 1.28 bits per heavy atom. The lowest BCUT2D eigenvalue weighted by Gasteiger charge is -2.14. The average Bonchev–Trinajstić information content (AvgIpc) is 2.96. The van der Waals surface area contributed by atoms with E-state index >= 15 is 0 Å². The number of alkyl halides is 3. The molecule has 98 valence electrons. The summed E-state index contributed by atoms with van der Waals surface area (Å²) in [7, 11) is 0. The van der Waals surface area contributed by atoms with Crippen molar-refractivity contribution in [1.82, 2.24) is 0 Å². The van der Waals surface area contributed by atoms with Gasteiger partial charge in [0.1, 0.15) is 5.75 Å². The summed E-state index contributed by atoms with van der Waals surface area (Å²) in [5.74, 6) is -0.663. The number of nitrogens with two attached hydrogens (primary N) is 1. The van der Waals surface area contributed by atoms with Gasteiger partial charge in [0.2, 0.25) is 5.91 Å². The predicted octanol–water partition coefficient (Wildman–Crippen LogP) is 2.49. The van der Waals surface area contributed by atoms with Gasteiger partial charge in [0.05, 0.1) is 0 Å². The molecule has 1 aromatic rings. The van der Waals surface area contributed by atoms with Crippen molar-refractivity contribution < 1.29 is 22.7 Å². The topological polar surface area (TPSA) is 52.3 Å². The smallest absolute Gasteiger partial charge is 0.406 e. The molecule has 2 N–H and O–H groups in total. The third-order valence-electron chi connectivity index (χ3n) is 3.07. The highest BCUT2D eigenvalue weighted by atomic mass is 19.4. The summed E-state index contributed by atoms with van der Waals surface area (Å²) in [5.41, 5.74) is 5.71. The van der Waals surface area contributed by atoms with Gasteiger partial charge in [0, 0.05) is 11.8 Å². The number of primary amides is 1. The van der Waals surface area contributed by atoms with E-state index in [1.165, 1.54) is 12.1 Å². The summed E-state index contributed by atoms with van der Waals surface area (Å²) in [6.07, 6.45) is -2.80. The maximum Gasteiger partial charge on any atom is 0.573 e. The second kappa shape index (κ2) is 4.19. The van der Waals surface area contributed by atoms with E-state index < -0.39 is 12.3 Å². The van der Waals surface area contributed by atoms with Gasteiger partial charge < -0.3 is 10.5 Å². The van der Waals surface area contributed by atoms with E-state index in [2.05, 4.69) is 4.74 Å². The molecule has 1 saturated carbocycles. The van der Waals surface area contributed by atoms with Gasteiger partial charge in [-0.2, -0.15) is 0 Å². The fourth-order valence-corrected chi connectivity index (χ4v) is 2.06. The van der Waals surface area contributed by atoms with E-state index in [0.29, 0.717) is 0 Å². The molecular formula is C12H12F3NO2. The van der Waals surface area contributed by atoms with Crippen molar-refractivity contribution in [2.45, 2.75) is 31.0 Å². The Balaban J connectivity index is 2.11. The summed E-state index contributed by atoms with van der Waals surface area (Å²) < 4.78 is 39.7. The molecule has 0 heterocycles. The fraction of sp³-hybridized carbons (Fsp3) is 0.417. The van der Waals surface area contributed by atoms with Crippen LogP contribution in [0.3, 0.4) is 0 Å². The molecule has 2 rings (SSSR count). The highest BCUT2D eigenvalue weighted by Gasteiger charge is 2.45. The molecule has 1 aliphatic carbocycles. The minimum absolute atomic E-state index is 0.229. The number of hydrogen-bond donors (Lipinski definition) is 1. The van der Waals surface area contributed by atoms with Crippen LogP contribution in [0, 0.1) is 0 Å². The third-order valence-corrected chi connectivity index (χ3v) is 3.07. The van der Waals surface area contributed by atoms with E-state index in [-0.39, 0.29) is 17.6 Å². The standard InChI is InChI=1S/C12H12F3NO2/c13-12(14,15)18-9-3-1-8(2-4-9)11(5-6-11)7-10(16)17/h1-4H,5-7H2,(H2,16,17). The number of hydrogen-bond acceptors (Lipinski definition) is 2. The number of halogens is 3. The number of ether oxygens (including phenoxy) is 1. The molecule has 0 bridgehead atoms. The van der Waals surface area contributed by atoms with Gasteiger partial charge in [0.25, 0.3) is 0 Å². The maximum atomic E-state index is 12.0. The summed E-state index contributed by atoms with van der Waals surface area (Å²) in [4.78, 5) is 10.9. The van der Waals surface area contributed by atoms with E-state index in [1.54, 1.807) is 12.1 Å². The van der Waals surface area contributed by atoms with Gasteiger partial charge >= 0.3 is 6.36 Å². The second-order valence-electron chi connectivity index (χ2n) is 4.50. The van der Waals surface area contributed by atoms with Gasteiger partial charge in [-0.3, -0.25) is 4.79 Å². The number of carbonyl (C=O) groups is 1. The van der Waals surface area contributed by atoms with Crippen molar-refractivity contribution >= 4 is 5.91 Å². The minimum Gasteiger partial charge on any atom is -0.406 e. The van der Waals surface area contributed by atoms with Crippen LogP contribution in [0.4, 0.5) is 13.2 Å². The molecule has 1 aromatic carbocycles. The molecule has 0 atom stereocenters. The zero-order valence-corrected chi connectivity index (χ0v) is 9.46. The van der Waals surface area contributed by atoms with Crippen molar-refractivity contribution in [2.75, 3.05) is 0 Å². The maximum absolute atomic E-state index is 12.0. The van der Waals surface area contributed by atoms with Gasteiger partial charge in [-0.1, -0.05) is 12.1 Å². The van der Waals surface area contributed by atoms with Gasteiger partial charge in [-0.05, 0) is 30.5 Å². The first-order chi connectivity index (χ1) is 8.31. The molecule has 1 fully saturated rings. The lowest BCUT2D eigenvalue weighted by molar-refractivity contribution is -0.274. The van der Waals surface area contributed by atoms with Crippen molar-refractivity contribution in [1.29, 1.82) is 0 Å². The van der Waals surface area contributed by atoms with Crippen LogP contribution in [0.5, 0.6) is 5.75 Å². The highest BCUT2D eigenvalue weighted by Crippen LogP contribution is 2.51. The highest BCUT2D eigenvalue weighted by molar-refractivity contribution is 5.76. The van der Waals surface area contributed by atoms with Crippen molar-refractivity contribution in [3.05, 3.63) is 29.8 Å². The first-order valence-corrected chi connectivity index (χ1v) is 5.45. The zero-order chi connectivity index (χ0) is 13.4. The Labute approximate surface area is 102 Å². The van der Waals surface area contributed by atoms with Gasteiger partial charge in [-0.15, -0.1) is 13.2 Å². The second-order valence-corrected chi connectivity index (χ2v) is 4.50. The minimum atomic E-state index is -4.69. The van der Waals surface area contributed by atoms with Crippen molar-refractivity contribution in [2.24, 2.45) is 5.73 Å². The molecule has 1 amide bonds. The first kappa shape index (κ1) is 12.7. The quantitative estimate of drug-likeness (QED) is 0.903. The molecule has 0 unspecified atom stereocenters. The molecule has 0 aliphatic heterocycles. The van der Waals surface area contributed by atoms with Crippen LogP contribution in [0.25, 0.3) is 0 Å². The summed E-state index contributed by atoms with van der Waals surface area (Å²) in [6.45, 7) is 0. The molecule has 0 spiro atoms. The molecule has 0 aromatic heterocycles. The first-order valence-electron chi connectivity index (χ1n) is 5.45. The van der Waals surface area contributed by atoms with Crippen LogP contribution in [0.2, 0.25) is 0 Å². The number of rotatable bonds is 4. The Morgan fingerprint density at radius 3 is 2.22 bits per heavy atom. The molecule has 18 heavy (non-hydrogen) atoms. The Bertz CT molecular complexity index is 449. The van der Waals surface area contributed by atoms with Crippen LogP contribution < -0.4 is 10.5 Å². The van der Waals surface area contributed by atoms with Crippen LogP contribution >= 0.6 is 0 Å². The van der Waals surface area contributed by atoms with E-state index in [4.69, 9.17) is 5.73 Å². The molecule has 1 aliphatic rings. The van der Waals surface area contributed by atoms with Crippen LogP contribution in [0.1, 0.15) is 24.8 Å². The van der Waals surface area contributed by atoms with Crippen LogP contribution in [-0.2, 0) is 10.2 Å². The number of benzene rings is 1. The summed E-state index contributed by atoms with van der Waals surface area (Å²) >= 11 is 0. The van der Waals surface area contributed by atoms with E-state index in [0.717, 1.165) is 18.4 Å². The zero-order valence-electron chi connectivity index (χ0n) is 9.46. The van der Waals surface area contributed by atoms with E-state index in [1.807, 2.05) is 0 Å². The number of amides is 1. The summed E-state index contributed by atoms with van der Waals surface area (Å²) in [5, 5.41) is 0. The normalized spacial score (nSPS) is 17.3. The monoisotopic (exact) mass is 259 g/mol. The predicted molar refractivity (Wildman–Crippen MR) is 57.8 cm³/mol. The van der Waals surface area contributed by atoms with Gasteiger partial charge in [0.15, 0.2) is 0 Å². The molecular weight excluding hydrogens is 247 g/mol. The molecule has 6 heteroatoms. The van der Waals surface area contributed by atoms with Gasteiger partial charge in [-0.25, -0.2) is 0 Å². The summed E-state index contributed by atoms with van der Waals surface area (Å²) in [6, 6.07) is 5.61. The van der Waals surface area contributed by atoms with Crippen LogP contribution in [-0.4, -0.2) is 12.3 Å². The SMILES string of the molecule is NC(=O)CC1(c2ccc(OC(F)(F)F)cc2)CC1. The van der Waals surface area contributed by atoms with Crippen molar-refractivity contribution in [3.63, 3.8) is 0 Å². The van der Waals surface area contributed by atoms with E-state index in [9.17, 15) is 18.0 Å². The van der Waals surface area contributed by atoms with Crippen molar-refractivity contribution in [3.8, 4) is 5.75 Å². The largest absolute Gasteiger partial charge is 0.573 e. The Kier molecular flexibility index (Phi) is 2.96. The Morgan fingerprint density at radius 2 is 1.83 bits per heavy atom. The lowest BCUT2D eigenvalue weighted by Crippen LogP contribution is -2.20. The fourth-order valence-electron chi connectivity index (χ4n) is 2.06. The van der Waals surface area contributed by atoms with Crippen LogP contribution in [0.15, 0.2) is 24.3 Å². The molecule has 0 radical (unpaired) electrons. The lowest BCUT2D eigenvalue weighted by atomic mass is 9.92. The third kappa shape index (κ3) is 2.94. The molecule has 0 saturated heterocycles. The number of carbonyl (C=O) groups excluding carboxylic acids is 1.